The number of ketones is 1. The first-order chi connectivity index (χ1) is 18.3. The first-order valence-corrected chi connectivity index (χ1v) is 16.0. The molecule has 12 heteroatoms. The average molecular weight is 668 g/mol. The number of hydrogen-bond acceptors (Lipinski definition) is 7. The largest absolute Gasteiger partial charge is 0.356 e. The summed E-state index contributed by atoms with van der Waals surface area (Å²) in [6.07, 6.45) is 4.11. The van der Waals surface area contributed by atoms with Gasteiger partial charge in [-0.1, -0.05) is 30.3 Å². The van der Waals surface area contributed by atoms with Crippen LogP contribution in [0.1, 0.15) is 48.8 Å². The maximum atomic E-state index is 13.0. The van der Waals surface area contributed by atoms with Crippen LogP contribution in [-0.4, -0.2) is 64.6 Å². The number of carbonyl (C=O) groups excluding carboxylic acids is 2. The lowest BCUT2D eigenvalue weighted by Crippen LogP contribution is -2.35. The molecule has 1 saturated heterocycles. The minimum Gasteiger partial charge on any atom is -0.356 e. The van der Waals surface area contributed by atoms with Gasteiger partial charge in [0.15, 0.2) is 10.9 Å². The van der Waals surface area contributed by atoms with E-state index in [0.29, 0.717) is 43.2 Å². The lowest BCUT2D eigenvalue weighted by molar-refractivity contribution is -0.118. The number of aryl methyl sites for hydroxylation is 1. The van der Waals surface area contributed by atoms with Crippen molar-refractivity contribution in [3.63, 3.8) is 0 Å². The van der Waals surface area contributed by atoms with Gasteiger partial charge in [0.2, 0.25) is 15.9 Å². The number of carbonyl (C=O) groups is 2. The quantitative estimate of drug-likeness (QED) is 0.142. The van der Waals surface area contributed by atoms with Crippen molar-refractivity contribution < 1.29 is 18.0 Å². The Morgan fingerprint density at radius 2 is 1.68 bits per heavy atom. The van der Waals surface area contributed by atoms with Gasteiger partial charge in [-0.25, -0.2) is 8.42 Å². The zero-order chi connectivity index (χ0) is 27.1. The van der Waals surface area contributed by atoms with E-state index >= 15 is 0 Å². The SMILES string of the molecule is CC(=O)NCCCc1nnc(SCC(=O)c2ccc(S(=O)(=O)N3CCCCC3)cc2)n1-c1ccc(I)cc1. The summed E-state index contributed by atoms with van der Waals surface area (Å²) in [4.78, 5) is 24.4. The molecule has 2 heterocycles. The molecule has 9 nitrogen and oxygen atoms in total. The first-order valence-electron chi connectivity index (χ1n) is 12.5. The Morgan fingerprint density at radius 3 is 2.34 bits per heavy atom. The minimum atomic E-state index is -3.54. The Morgan fingerprint density at radius 1 is 1.00 bits per heavy atom. The third-order valence-electron chi connectivity index (χ3n) is 6.20. The van der Waals surface area contributed by atoms with E-state index in [9.17, 15) is 18.0 Å². The normalized spacial score (nSPS) is 14.4. The molecule has 202 valence electrons. The highest BCUT2D eigenvalue weighted by atomic mass is 127. The van der Waals surface area contributed by atoms with Crippen LogP contribution in [0.3, 0.4) is 0 Å². The number of benzene rings is 2. The molecule has 1 N–H and O–H groups in total. The number of nitrogens with zero attached hydrogens (tertiary/aromatic N) is 4. The molecule has 0 radical (unpaired) electrons. The molecular formula is C26H30IN5O4S2. The van der Waals surface area contributed by atoms with Crippen molar-refractivity contribution in [1.29, 1.82) is 0 Å². The number of aromatic nitrogens is 3. The fraction of sp³-hybridized carbons (Fsp3) is 0.385. The highest BCUT2D eigenvalue weighted by Gasteiger charge is 2.26. The highest BCUT2D eigenvalue weighted by Crippen LogP contribution is 2.25. The lowest BCUT2D eigenvalue weighted by Gasteiger charge is -2.25. The smallest absolute Gasteiger partial charge is 0.243 e. The molecule has 0 unspecified atom stereocenters. The van der Waals surface area contributed by atoms with Gasteiger partial charge < -0.3 is 5.32 Å². The topological polar surface area (TPSA) is 114 Å². The Balaban J connectivity index is 1.45. The van der Waals surface area contributed by atoms with Gasteiger partial charge in [0, 0.05) is 47.8 Å². The van der Waals surface area contributed by atoms with Crippen molar-refractivity contribution in [2.24, 2.45) is 0 Å². The number of halogens is 1. The van der Waals surface area contributed by atoms with Crippen LogP contribution in [0, 0.1) is 3.57 Å². The van der Waals surface area contributed by atoms with E-state index in [2.05, 4.69) is 38.1 Å². The van der Waals surface area contributed by atoms with E-state index in [1.54, 1.807) is 12.1 Å². The Bertz CT molecular complexity index is 1370. The fourth-order valence-electron chi connectivity index (χ4n) is 4.20. The van der Waals surface area contributed by atoms with E-state index in [0.717, 1.165) is 34.3 Å². The van der Waals surface area contributed by atoms with Crippen LogP contribution in [0.4, 0.5) is 0 Å². The summed E-state index contributed by atoms with van der Waals surface area (Å²) in [7, 11) is -3.54. The molecule has 0 atom stereocenters. The van der Waals surface area contributed by atoms with Crippen molar-refractivity contribution in [2.45, 2.75) is 49.1 Å². The number of Topliss-reactive ketones (excluding diaryl/α,β-unsaturated/α-hetero) is 1. The molecule has 1 aliphatic heterocycles. The second-order valence-corrected chi connectivity index (χ2v) is 13.1. The van der Waals surface area contributed by atoms with Gasteiger partial charge in [0.1, 0.15) is 5.82 Å². The summed E-state index contributed by atoms with van der Waals surface area (Å²) in [5, 5.41) is 12.1. The molecule has 1 fully saturated rings. The van der Waals surface area contributed by atoms with Gasteiger partial charge in [-0.05, 0) is 78.3 Å². The average Bonchev–Trinajstić information content (AvgIpc) is 3.33. The molecule has 1 aromatic heterocycles. The van der Waals surface area contributed by atoms with E-state index < -0.39 is 10.0 Å². The summed E-state index contributed by atoms with van der Waals surface area (Å²) >= 11 is 3.53. The number of nitrogens with one attached hydrogen (secondary N) is 1. The number of hydrogen-bond donors (Lipinski definition) is 1. The van der Waals surface area contributed by atoms with Crippen molar-refractivity contribution in [3.05, 3.63) is 63.5 Å². The predicted molar refractivity (Wildman–Crippen MR) is 155 cm³/mol. The van der Waals surface area contributed by atoms with Gasteiger partial charge in [-0.3, -0.25) is 14.2 Å². The zero-order valence-electron chi connectivity index (χ0n) is 21.1. The predicted octanol–water partition coefficient (Wildman–Crippen LogP) is 4.09. The summed E-state index contributed by atoms with van der Waals surface area (Å²) in [5.41, 5.74) is 1.35. The van der Waals surface area contributed by atoms with E-state index in [-0.39, 0.29) is 22.3 Å². The van der Waals surface area contributed by atoms with Crippen LogP contribution in [-0.2, 0) is 21.2 Å². The van der Waals surface area contributed by atoms with Crippen LogP contribution >= 0.6 is 34.4 Å². The second-order valence-electron chi connectivity index (χ2n) is 9.00. The molecule has 3 aromatic rings. The summed E-state index contributed by atoms with van der Waals surface area (Å²) in [6.45, 7) is 3.10. The van der Waals surface area contributed by atoms with Crippen molar-refractivity contribution in [3.8, 4) is 5.69 Å². The summed E-state index contributed by atoms with van der Waals surface area (Å²) in [5.74, 6) is 0.683. The fourth-order valence-corrected chi connectivity index (χ4v) is 6.94. The molecule has 0 aliphatic carbocycles. The maximum Gasteiger partial charge on any atom is 0.243 e. The molecule has 0 bridgehead atoms. The van der Waals surface area contributed by atoms with Crippen LogP contribution < -0.4 is 5.32 Å². The van der Waals surface area contributed by atoms with Gasteiger partial charge in [-0.2, -0.15) is 4.31 Å². The number of sulfonamides is 1. The molecule has 2 aromatic carbocycles. The number of amides is 1. The molecule has 1 aliphatic rings. The van der Waals surface area contributed by atoms with E-state index in [1.807, 2.05) is 28.8 Å². The Labute approximate surface area is 241 Å². The standard InChI is InChI=1S/C26H30IN5O4S2/c1-19(33)28-15-5-6-25-29-30-26(32(25)22-11-9-21(27)10-12-22)37-18-24(34)20-7-13-23(14-8-20)38(35,36)31-16-3-2-4-17-31/h7-14H,2-6,15-18H2,1H3,(H,28,33). The molecule has 38 heavy (non-hydrogen) atoms. The molecule has 0 spiro atoms. The van der Waals surface area contributed by atoms with Gasteiger partial charge in [-0.15, -0.1) is 10.2 Å². The Kier molecular flexibility index (Phi) is 9.96. The van der Waals surface area contributed by atoms with Crippen molar-refractivity contribution in [1.82, 2.24) is 24.4 Å². The third-order valence-corrected chi connectivity index (χ3v) is 9.76. The monoisotopic (exact) mass is 667 g/mol. The molecular weight excluding hydrogens is 637 g/mol. The van der Waals surface area contributed by atoms with Crippen molar-refractivity contribution >= 4 is 56.1 Å². The van der Waals surface area contributed by atoms with Crippen LogP contribution in [0.25, 0.3) is 5.69 Å². The summed E-state index contributed by atoms with van der Waals surface area (Å²) < 4.78 is 30.4. The maximum absolute atomic E-state index is 13.0. The number of thioether (sulfide) groups is 1. The second kappa shape index (κ2) is 13.2. The first kappa shape index (κ1) is 28.7. The summed E-state index contributed by atoms with van der Waals surface area (Å²) in [6, 6.07) is 14.2. The number of piperidine rings is 1. The van der Waals surface area contributed by atoms with E-state index in [1.165, 1.54) is 35.1 Å². The minimum absolute atomic E-state index is 0.0732. The molecule has 1 amide bonds. The van der Waals surface area contributed by atoms with Crippen LogP contribution in [0.2, 0.25) is 0 Å². The van der Waals surface area contributed by atoms with Crippen LogP contribution in [0.5, 0.6) is 0 Å². The molecule has 0 saturated carbocycles. The zero-order valence-corrected chi connectivity index (χ0v) is 24.9. The highest BCUT2D eigenvalue weighted by molar-refractivity contribution is 14.1. The van der Waals surface area contributed by atoms with Crippen molar-refractivity contribution in [2.75, 3.05) is 25.4 Å². The third kappa shape index (κ3) is 7.21. The van der Waals surface area contributed by atoms with Gasteiger partial charge in [0.25, 0.3) is 0 Å². The van der Waals surface area contributed by atoms with Gasteiger partial charge >= 0.3 is 0 Å². The Hall–Kier alpha value is -2.29. The van der Waals surface area contributed by atoms with E-state index in [4.69, 9.17) is 0 Å². The lowest BCUT2D eigenvalue weighted by atomic mass is 10.1. The van der Waals surface area contributed by atoms with Gasteiger partial charge in [0.05, 0.1) is 10.6 Å². The molecule has 4 rings (SSSR count). The van der Waals surface area contributed by atoms with Crippen LogP contribution in [0.15, 0.2) is 58.6 Å². The number of rotatable bonds is 11.